The Morgan fingerprint density at radius 1 is 0.900 bits per heavy atom. The fraction of sp³-hybridized carbons (Fsp3) is 0.182. The second-order valence-corrected chi connectivity index (χ2v) is 11.5. The third-order valence-corrected chi connectivity index (χ3v) is 9.50. The zero-order chi connectivity index (χ0) is 21.4. The lowest BCUT2D eigenvalue weighted by Crippen LogP contribution is -2.19. The highest BCUT2D eigenvalue weighted by Crippen LogP contribution is 2.62. The summed E-state index contributed by atoms with van der Waals surface area (Å²) in [5.74, 6) is -0.220. The minimum absolute atomic E-state index is 0.179. The summed E-state index contributed by atoms with van der Waals surface area (Å²) >= 11 is 0. The molecule has 0 saturated carbocycles. The van der Waals surface area contributed by atoms with Gasteiger partial charge in [0.1, 0.15) is 5.25 Å². The molecule has 1 aliphatic rings. The molecule has 1 atom stereocenters. The first-order valence-electron chi connectivity index (χ1n) is 9.51. The lowest BCUT2D eigenvalue weighted by Gasteiger charge is -2.27. The summed E-state index contributed by atoms with van der Waals surface area (Å²) in [6, 6.07) is 20.9. The molecule has 5 N–H and O–H groups in total. The number of rotatable bonds is 6. The number of nitrogens with two attached hydrogens (primary N) is 1. The molecular weight excluding hydrogens is 420 g/mol. The molecule has 0 radical (unpaired) electrons. The molecule has 0 spiro atoms. The molecule has 1 heterocycles. The SMILES string of the molecule is Nc1ccccc1CNCc1cccc2c1C(S(=O)(=O)c1ccccc1)CS2(O)O. The summed E-state index contributed by atoms with van der Waals surface area (Å²) in [5, 5.41) is 2.30. The largest absolute Gasteiger partial charge is 0.398 e. The van der Waals surface area contributed by atoms with Crippen LogP contribution < -0.4 is 11.1 Å². The number of sulfone groups is 1. The van der Waals surface area contributed by atoms with E-state index in [0.717, 1.165) is 11.1 Å². The van der Waals surface area contributed by atoms with Crippen LogP contribution >= 0.6 is 10.6 Å². The van der Waals surface area contributed by atoms with Crippen molar-refractivity contribution in [2.45, 2.75) is 28.1 Å². The van der Waals surface area contributed by atoms with Gasteiger partial charge >= 0.3 is 0 Å². The van der Waals surface area contributed by atoms with Crippen LogP contribution in [0.25, 0.3) is 0 Å². The third-order valence-electron chi connectivity index (χ3n) is 5.35. The number of nitrogen functional groups attached to an aromatic ring is 1. The van der Waals surface area contributed by atoms with E-state index in [2.05, 4.69) is 5.32 Å². The van der Waals surface area contributed by atoms with E-state index in [9.17, 15) is 17.5 Å². The highest BCUT2D eigenvalue weighted by Gasteiger charge is 2.44. The topological polar surface area (TPSA) is 113 Å². The number of nitrogens with one attached hydrogen (secondary N) is 1. The summed E-state index contributed by atoms with van der Waals surface area (Å²) in [6.45, 7) is 0.899. The molecular formula is C22H24N2O4S2. The number of para-hydroxylation sites is 1. The maximum Gasteiger partial charge on any atom is 0.187 e. The van der Waals surface area contributed by atoms with Crippen LogP contribution in [0.1, 0.15) is 21.9 Å². The minimum Gasteiger partial charge on any atom is -0.398 e. The van der Waals surface area contributed by atoms with E-state index >= 15 is 0 Å². The number of hydrogen-bond acceptors (Lipinski definition) is 6. The first-order valence-corrected chi connectivity index (χ1v) is 12.8. The van der Waals surface area contributed by atoms with E-state index in [4.69, 9.17) is 5.73 Å². The van der Waals surface area contributed by atoms with Gasteiger partial charge in [-0.05, 0) is 41.0 Å². The van der Waals surface area contributed by atoms with Crippen LogP contribution in [0, 0.1) is 0 Å². The van der Waals surface area contributed by atoms with E-state index in [1.165, 1.54) is 12.1 Å². The quantitative estimate of drug-likeness (QED) is 0.424. The van der Waals surface area contributed by atoms with Crippen LogP contribution in [-0.4, -0.2) is 23.3 Å². The van der Waals surface area contributed by atoms with Crippen LogP contribution in [0.3, 0.4) is 0 Å². The highest BCUT2D eigenvalue weighted by atomic mass is 32.3. The van der Waals surface area contributed by atoms with Gasteiger partial charge in [0, 0.05) is 18.8 Å². The Hall–Kier alpha value is -2.36. The Bertz CT molecular complexity index is 1160. The molecule has 0 aromatic heterocycles. The van der Waals surface area contributed by atoms with Gasteiger partial charge in [0.15, 0.2) is 9.84 Å². The normalized spacial score (nSPS) is 18.7. The Kier molecular flexibility index (Phi) is 5.61. The molecule has 0 aliphatic carbocycles. The molecule has 4 rings (SSSR count). The predicted molar refractivity (Wildman–Crippen MR) is 120 cm³/mol. The van der Waals surface area contributed by atoms with Gasteiger partial charge in [-0.2, -0.15) is 10.6 Å². The fourth-order valence-corrected chi connectivity index (χ4v) is 8.33. The van der Waals surface area contributed by atoms with E-state index < -0.39 is 25.7 Å². The van der Waals surface area contributed by atoms with Gasteiger partial charge in [-0.25, -0.2) is 8.42 Å². The molecule has 30 heavy (non-hydrogen) atoms. The smallest absolute Gasteiger partial charge is 0.187 e. The van der Waals surface area contributed by atoms with E-state index in [1.807, 2.05) is 30.3 Å². The zero-order valence-electron chi connectivity index (χ0n) is 16.2. The standard InChI is InChI=1S/C22H24N2O4S2/c23-19-11-5-4-7-16(19)13-24-14-17-8-6-12-20-22(17)21(15-29(20,25)26)30(27,28)18-9-2-1-3-10-18/h1-12,21,24-26H,13-15,23H2. The summed E-state index contributed by atoms with van der Waals surface area (Å²) in [7, 11) is -6.96. The van der Waals surface area contributed by atoms with Crippen molar-refractivity contribution < 1.29 is 17.5 Å². The van der Waals surface area contributed by atoms with Crippen molar-refractivity contribution >= 4 is 26.1 Å². The van der Waals surface area contributed by atoms with Crippen molar-refractivity contribution in [1.82, 2.24) is 5.32 Å². The van der Waals surface area contributed by atoms with Crippen LogP contribution in [0.4, 0.5) is 5.69 Å². The van der Waals surface area contributed by atoms with Crippen LogP contribution in [0.5, 0.6) is 0 Å². The molecule has 0 saturated heterocycles. The van der Waals surface area contributed by atoms with Gasteiger partial charge in [0.25, 0.3) is 0 Å². The second-order valence-electron chi connectivity index (χ2n) is 7.31. The minimum atomic E-state index is -3.78. The van der Waals surface area contributed by atoms with Crippen molar-refractivity contribution in [3.63, 3.8) is 0 Å². The van der Waals surface area contributed by atoms with Crippen molar-refractivity contribution in [1.29, 1.82) is 0 Å². The lowest BCUT2D eigenvalue weighted by molar-refractivity contribution is 0.491. The van der Waals surface area contributed by atoms with Crippen LogP contribution in [0.2, 0.25) is 0 Å². The number of fused-ring (bicyclic) bond motifs is 1. The Balaban J connectivity index is 1.67. The molecule has 0 bridgehead atoms. The molecule has 0 fully saturated rings. The second kappa shape index (κ2) is 8.05. The Labute approximate surface area is 178 Å². The third kappa shape index (κ3) is 3.84. The molecule has 1 unspecified atom stereocenters. The van der Waals surface area contributed by atoms with Gasteiger partial charge < -0.3 is 11.1 Å². The van der Waals surface area contributed by atoms with Crippen molar-refractivity contribution in [3.8, 4) is 0 Å². The maximum atomic E-state index is 13.3. The van der Waals surface area contributed by atoms with Gasteiger partial charge in [0.2, 0.25) is 0 Å². The van der Waals surface area contributed by atoms with Gasteiger partial charge in [-0.15, -0.1) is 0 Å². The molecule has 158 valence electrons. The lowest BCUT2D eigenvalue weighted by atomic mass is 10.0. The zero-order valence-corrected chi connectivity index (χ0v) is 17.9. The fourth-order valence-electron chi connectivity index (χ4n) is 3.82. The molecule has 3 aromatic carbocycles. The Morgan fingerprint density at radius 3 is 2.27 bits per heavy atom. The Morgan fingerprint density at radius 2 is 1.53 bits per heavy atom. The number of anilines is 1. The number of benzene rings is 3. The predicted octanol–water partition coefficient (Wildman–Crippen LogP) is 4.20. The average Bonchev–Trinajstić information content (AvgIpc) is 3.03. The van der Waals surface area contributed by atoms with Crippen molar-refractivity contribution in [2.75, 3.05) is 11.5 Å². The van der Waals surface area contributed by atoms with Gasteiger partial charge in [-0.1, -0.05) is 48.5 Å². The molecule has 0 amide bonds. The van der Waals surface area contributed by atoms with Crippen LogP contribution in [-0.2, 0) is 22.9 Å². The van der Waals surface area contributed by atoms with Gasteiger partial charge in [0.05, 0.1) is 15.5 Å². The monoisotopic (exact) mass is 444 g/mol. The molecule has 6 nitrogen and oxygen atoms in total. The van der Waals surface area contributed by atoms with Crippen molar-refractivity contribution in [2.24, 2.45) is 0 Å². The average molecular weight is 445 g/mol. The first kappa shape index (κ1) is 20.9. The van der Waals surface area contributed by atoms with E-state index in [0.29, 0.717) is 29.2 Å². The first-order chi connectivity index (χ1) is 14.3. The van der Waals surface area contributed by atoms with E-state index in [1.54, 1.807) is 30.3 Å². The van der Waals surface area contributed by atoms with Crippen LogP contribution in [0.15, 0.2) is 82.6 Å². The maximum absolute atomic E-state index is 13.3. The molecule has 3 aromatic rings. The molecule has 1 aliphatic heterocycles. The summed E-state index contributed by atoms with van der Waals surface area (Å²) in [5.41, 5.74) is 8.85. The summed E-state index contributed by atoms with van der Waals surface area (Å²) in [4.78, 5) is 0.503. The van der Waals surface area contributed by atoms with Crippen molar-refractivity contribution in [3.05, 3.63) is 89.5 Å². The van der Waals surface area contributed by atoms with E-state index in [-0.39, 0.29) is 10.6 Å². The molecule has 8 heteroatoms. The highest BCUT2D eigenvalue weighted by molar-refractivity contribution is 8.25. The summed E-state index contributed by atoms with van der Waals surface area (Å²) in [6.07, 6.45) is 0. The summed E-state index contributed by atoms with van der Waals surface area (Å²) < 4.78 is 47.9. The van der Waals surface area contributed by atoms with Gasteiger partial charge in [-0.3, -0.25) is 9.11 Å². The number of hydrogen-bond donors (Lipinski definition) is 4.